The molecule has 1 amide bonds. The van der Waals surface area contributed by atoms with Crippen LogP contribution in [0.1, 0.15) is 96.8 Å². The zero-order valence-corrected chi connectivity index (χ0v) is 41.9. The highest BCUT2D eigenvalue weighted by Gasteiger charge is 2.59. The zero-order valence-electron chi connectivity index (χ0n) is 40.9. The Hall–Kier alpha value is -4.61. The van der Waals surface area contributed by atoms with Gasteiger partial charge in [-0.2, -0.15) is 0 Å². The number of fused-ring (bicyclic) bond motifs is 3. The number of nitrogens with zero attached hydrogens (tertiary/aromatic N) is 3. The summed E-state index contributed by atoms with van der Waals surface area (Å²) in [6.45, 7) is 18.6. The first kappa shape index (κ1) is 47.5. The molecule has 4 saturated heterocycles. The van der Waals surface area contributed by atoms with Crippen LogP contribution in [-0.2, 0) is 24.2 Å². The van der Waals surface area contributed by atoms with Gasteiger partial charge in [-0.3, -0.25) is 14.7 Å². The molecule has 0 aromatic heterocycles. The molecule has 4 aliphatic rings. The third-order valence-electron chi connectivity index (χ3n) is 15.3. The predicted molar refractivity (Wildman–Crippen MR) is 272 cm³/mol. The van der Waals surface area contributed by atoms with Crippen molar-refractivity contribution in [2.45, 2.75) is 119 Å². The molecule has 2 bridgehead atoms. The number of hydrogen-bond acceptors (Lipinski definition) is 7. The molecule has 4 aliphatic heterocycles. The molecule has 0 radical (unpaired) electrons. The molecule has 67 heavy (non-hydrogen) atoms. The minimum absolute atomic E-state index is 0.0289. The molecule has 0 saturated carbocycles. The van der Waals surface area contributed by atoms with Gasteiger partial charge in [0.1, 0.15) is 5.60 Å². The van der Waals surface area contributed by atoms with E-state index in [0.29, 0.717) is 39.5 Å². The summed E-state index contributed by atoms with van der Waals surface area (Å²) in [5.74, 6) is 0. The van der Waals surface area contributed by atoms with Crippen molar-refractivity contribution in [2.75, 3.05) is 52.6 Å². The van der Waals surface area contributed by atoms with E-state index in [4.69, 9.17) is 18.6 Å². The Morgan fingerprint density at radius 2 is 1.19 bits per heavy atom. The van der Waals surface area contributed by atoms with Crippen LogP contribution in [0.5, 0.6) is 0 Å². The van der Waals surface area contributed by atoms with Crippen LogP contribution in [0.3, 0.4) is 0 Å². The number of benzene rings is 5. The number of hydrogen-bond donors (Lipinski definition) is 0. The molecule has 354 valence electrons. The Morgan fingerprint density at radius 3 is 1.72 bits per heavy atom. The summed E-state index contributed by atoms with van der Waals surface area (Å²) in [6.07, 6.45) is 5.69. The summed E-state index contributed by atoms with van der Waals surface area (Å²) >= 11 is 0. The van der Waals surface area contributed by atoms with E-state index in [9.17, 15) is 4.79 Å². The highest BCUT2D eigenvalue weighted by molar-refractivity contribution is 6.99. The fraction of sp³-hybridized carbons (Fsp3) is 0.466. The van der Waals surface area contributed by atoms with E-state index in [0.717, 1.165) is 45.2 Å². The van der Waals surface area contributed by atoms with Crippen molar-refractivity contribution >= 4 is 24.8 Å². The van der Waals surface area contributed by atoms with Gasteiger partial charge in [0.25, 0.3) is 8.32 Å². The van der Waals surface area contributed by atoms with Gasteiger partial charge in [0.05, 0.1) is 30.4 Å². The van der Waals surface area contributed by atoms with Crippen molar-refractivity contribution in [1.29, 1.82) is 0 Å². The summed E-state index contributed by atoms with van der Waals surface area (Å²) < 4.78 is 27.3. The SMILES string of the molecule is CC(C)(C)OC(=O)N1C2CCC1(COCCCO[C@H]1CN3CCC[C@]3(CO[Si](c3ccccc3)(c3ccccc3)C(C)(C)C)C1)CN(C(c1ccccc1)(c1ccccc1)c1ccccc1)C2. The van der Waals surface area contributed by atoms with Gasteiger partial charge in [0.15, 0.2) is 0 Å². The van der Waals surface area contributed by atoms with Gasteiger partial charge in [-0.15, -0.1) is 0 Å². The van der Waals surface area contributed by atoms with Crippen LogP contribution < -0.4 is 10.4 Å². The molecule has 4 atom stereocenters. The van der Waals surface area contributed by atoms with E-state index in [1.54, 1.807) is 0 Å². The third-order valence-corrected chi connectivity index (χ3v) is 20.3. The normalized spacial score (nSPS) is 23.6. The number of amides is 1. The Morgan fingerprint density at radius 1 is 0.657 bits per heavy atom. The molecule has 9 rings (SSSR count). The summed E-state index contributed by atoms with van der Waals surface area (Å²) in [4.78, 5) is 21.7. The lowest BCUT2D eigenvalue weighted by Gasteiger charge is -2.55. The average Bonchev–Trinajstić information content (AvgIpc) is 3.95. The number of likely N-dealkylation sites (tertiary alicyclic amines) is 1. The van der Waals surface area contributed by atoms with E-state index >= 15 is 0 Å². The maximum atomic E-state index is 14.3. The third kappa shape index (κ3) is 9.20. The van der Waals surface area contributed by atoms with Crippen molar-refractivity contribution < 1.29 is 23.4 Å². The Balaban J connectivity index is 0.899. The summed E-state index contributed by atoms with van der Waals surface area (Å²) in [5.41, 5.74) is 1.79. The summed E-state index contributed by atoms with van der Waals surface area (Å²) in [6, 6.07) is 54.6. The van der Waals surface area contributed by atoms with Crippen LogP contribution in [0, 0.1) is 0 Å². The number of carbonyl (C=O) groups is 1. The smallest absolute Gasteiger partial charge is 0.411 e. The highest BCUT2D eigenvalue weighted by Crippen LogP contribution is 2.50. The minimum Gasteiger partial charge on any atom is -0.444 e. The van der Waals surface area contributed by atoms with E-state index in [1.807, 2.05) is 20.8 Å². The fourth-order valence-corrected chi connectivity index (χ4v) is 17.2. The van der Waals surface area contributed by atoms with Gasteiger partial charge < -0.3 is 18.6 Å². The fourth-order valence-electron chi connectivity index (χ4n) is 12.5. The van der Waals surface area contributed by atoms with E-state index in [1.165, 1.54) is 33.5 Å². The van der Waals surface area contributed by atoms with Crippen LogP contribution in [-0.4, -0.2) is 111 Å². The largest absolute Gasteiger partial charge is 0.444 e. The molecule has 0 aliphatic carbocycles. The second-order valence-corrected chi connectivity index (χ2v) is 26.1. The van der Waals surface area contributed by atoms with Gasteiger partial charge in [-0.1, -0.05) is 172 Å². The predicted octanol–water partition coefficient (Wildman–Crippen LogP) is 10.0. The van der Waals surface area contributed by atoms with E-state index < -0.39 is 25.0 Å². The Kier molecular flexibility index (Phi) is 13.7. The van der Waals surface area contributed by atoms with Crippen LogP contribution in [0.15, 0.2) is 152 Å². The maximum Gasteiger partial charge on any atom is 0.411 e. The van der Waals surface area contributed by atoms with Crippen LogP contribution in [0.4, 0.5) is 4.79 Å². The second-order valence-electron chi connectivity index (χ2n) is 21.8. The van der Waals surface area contributed by atoms with Gasteiger partial charge in [0, 0.05) is 44.4 Å². The molecule has 0 N–H and O–H groups in total. The Labute approximate surface area is 401 Å². The molecule has 0 spiro atoms. The van der Waals surface area contributed by atoms with Crippen molar-refractivity contribution in [3.8, 4) is 0 Å². The number of ether oxygens (including phenoxy) is 3. The average molecular weight is 920 g/mol. The quantitative estimate of drug-likeness (QED) is 0.0555. The summed E-state index contributed by atoms with van der Waals surface area (Å²) in [5, 5.41) is 2.58. The first-order chi connectivity index (χ1) is 32.3. The molecule has 8 nitrogen and oxygen atoms in total. The molecular weight excluding hydrogens is 847 g/mol. The van der Waals surface area contributed by atoms with Crippen LogP contribution in [0.2, 0.25) is 5.04 Å². The standard InChI is InChI=1S/C58H73N3O5Si/c1-54(2,3)66-53(62)61-49-34-36-57(61,43-60(41-49)58(46-24-12-7-13-25-46,47-26-14-8-15-27-47)48-28-16-9-17-29-48)44-63-38-23-39-64-50-40-56(35-22-37-59(56)42-50)45-65-67(55(4,5)6,51-30-18-10-19-31-51)52-32-20-11-21-33-52/h7-21,24-33,49-50H,22-23,34-45H2,1-6H3/t49?,50-,56-,57?/m1/s1. The van der Waals surface area contributed by atoms with Crippen molar-refractivity contribution in [3.63, 3.8) is 0 Å². The lowest BCUT2D eigenvalue weighted by molar-refractivity contribution is -0.0785. The van der Waals surface area contributed by atoms with Gasteiger partial charge in [0.2, 0.25) is 0 Å². The van der Waals surface area contributed by atoms with Crippen molar-refractivity contribution in [1.82, 2.24) is 14.7 Å². The van der Waals surface area contributed by atoms with Crippen LogP contribution in [0.25, 0.3) is 0 Å². The number of piperazine rings is 1. The minimum atomic E-state index is -2.68. The maximum absolute atomic E-state index is 14.3. The lowest BCUT2D eigenvalue weighted by atomic mass is 9.74. The highest BCUT2D eigenvalue weighted by atomic mass is 28.4. The van der Waals surface area contributed by atoms with Gasteiger partial charge in [-0.25, -0.2) is 4.79 Å². The number of carbonyl (C=O) groups excluding carboxylic acids is 1. The molecule has 5 aromatic rings. The summed E-state index contributed by atoms with van der Waals surface area (Å²) in [7, 11) is -2.68. The Bertz CT molecular complexity index is 2240. The monoisotopic (exact) mass is 920 g/mol. The van der Waals surface area contributed by atoms with E-state index in [-0.39, 0.29) is 28.8 Å². The molecule has 5 aromatic carbocycles. The van der Waals surface area contributed by atoms with Crippen LogP contribution >= 0.6 is 0 Å². The van der Waals surface area contributed by atoms with Crippen molar-refractivity contribution in [3.05, 3.63) is 168 Å². The number of rotatable bonds is 16. The molecule has 4 fully saturated rings. The van der Waals surface area contributed by atoms with Gasteiger partial charge >= 0.3 is 6.09 Å². The topological polar surface area (TPSA) is 63.7 Å². The molecule has 2 unspecified atom stereocenters. The molecular formula is C58H73N3O5Si. The first-order valence-corrected chi connectivity index (χ1v) is 26.8. The van der Waals surface area contributed by atoms with E-state index in [2.05, 4.69) is 187 Å². The second kappa shape index (κ2) is 19.4. The van der Waals surface area contributed by atoms with Crippen molar-refractivity contribution in [2.24, 2.45) is 0 Å². The lowest BCUT2D eigenvalue weighted by Crippen LogP contribution is -2.69. The molecule has 9 heteroatoms. The van der Waals surface area contributed by atoms with Gasteiger partial charge in [-0.05, 0) is 97.9 Å². The zero-order chi connectivity index (χ0) is 46.8. The molecule has 4 heterocycles. The first-order valence-electron chi connectivity index (χ1n) is 24.9.